The van der Waals surface area contributed by atoms with Gasteiger partial charge in [0.25, 0.3) is 0 Å². The molecule has 2 atom stereocenters. The molecular weight excluding hydrogens is 451 g/mol. The van der Waals surface area contributed by atoms with E-state index < -0.39 is 23.3 Å². The van der Waals surface area contributed by atoms with E-state index in [1.54, 1.807) is 31.2 Å². The summed E-state index contributed by atoms with van der Waals surface area (Å²) in [6.45, 7) is 1.62. The zero-order chi connectivity index (χ0) is 17.4. The van der Waals surface area contributed by atoms with Crippen LogP contribution in [0.25, 0.3) is 0 Å². The number of carbonyl (C=O) groups is 2. The number of benzene rings is 1. The maximum Gasteiger partial charge on any atom is 0.331 e. The van der Waals surface area contributed by atoms with Gasteiger partial charge in [-0.2, -0.15) is 0 Å². The van der Waals surface area contributed by atoms with Crippen molar-refractivity contribution in [2.45, 2.75) is 13.3 Å². The minimum Gasteiger partial charge on any atom is -0.481 e. The first-order valence-electron chi connectivity index (χ1n) is 6.68. The largest absolute Gasteiger partial charge is 0.481 e. The van der Waals surface area contributed by atoms with E-state index in [-0.39, 0.29) is 12.0 Å². The zero-order valence-corrected chi connectivity index (χ0v) is 15.9. The molecule has 7 heteroatoms. The molecule has 4 nitrogen and oxygen atoms in total. The molecule has 0 fully saturated rings. The summed E-state index contributed by atoms with van der Waals surface area (Å²) in [6.07, 6.45) is 3.15. The molecule has 1 aromatic rings. The van der Waals surface area contributed by atoms with Crippen molar-refractivity contribution in [2.75, 3.05) is 0 Å². The molecule has 1 aliphatic rings. The molecule has 2 rings (SSSR count). The molecule has 122 valence electrons. The highest BCUT2D eigenvalue weighted by Crippen LogP contribution is 2.45. The normalized spacial score (nSPS) is 23.9. The summed E-state index contributed by atoms with van der Waals surface area (Å²) in [6, 6.07) is 5.11. The van der Waals surface area contributed by atoms with Crippen LogP contribution >= 0.6 is 43.5 Å². The van der Waals surface area contributed by atoms with Gasteiger partial charge in [0, 0.05) is 25.5 Å². The van der Waals surface area contributed by atoms with Crippen LogP contribution in [0.15, 0.2) is 44.9 Å². The minimum atomic E-state index is -1.36. The quantitative estimate of drug-likeness (QED) is 0.680. The van der Waals surface area contributed by atoms with E-state index in [0.717, 1.165) is 5.56 Å². The second-order valence-corrected chi connectivity index (χ2v) is 7.62. The average Bonchev–Trinajstić information content (AvgIpc) is 2.44. The first-order valence-corrected chi connectivity index (χ1v) is 8.64. The maximum atomic E-state index is 12.1. The SMILES string of the molecule is CC1C(C(=O)O)=CC(Br)=CC1(Cc1ccc(Cl)cc1Br)C(=O)O. The lowest BCUT2D eigenvalue weighted by atomic mass is 9.66. The third-order valence-electron chi connectivity index (χ3n) is 4.07. The van der Waals surface area contributed by atoms with E-state index in [2.05, 4.69) is 31.9 Å². The average molecular weight is 465 g/mol. The van der Waals surface area contributed by atoms with Gasteiger partial charge in [-0.15, -0.1) is 0 Å². The molecule has 0 bridgehead atoms. The summed E-state index contributed by atoms with van der Waals surface area (Å²) in [5.41, 5.74) is -0.559. The van der Waals surface area contributed by atoms with Gasteiger partial charge in [0.15, 0.2) is 0 Å². The van der Waals surface area contributed by atoms with Crippen molar-refractivity contribution in [3.8, 4) is 0 Å². The van der Waals surface area contributed by atoms with Crippen molar-refractivity contribution in [2.24, 2.45) is 11.3 Å². The van der Waals surface area contributed by atoms with Gasteiger partial charge in [-0.05, 0) is 30.2 Å². The number of hydrogen-bond acceptors (Lipinski definition) is 2. The van der Waals surface area contributed by atoms with Gasteiger partial charge in [-0.3, -0.25) is 4.79 Å². The molecule has 0 aliphatic heterocycles. The Morgan fingerprint density at radius 2 is 1.96 bits per heavy atom. The zero-order valence-electron chi connectivity index (χ0n) is 12.0. The van der Waals surface area contributed by atoms with Crippen molar-refractivity contribution in [3.63, 3.8) is 0 Å². The highest BCUT2D eigenvalue weighted by Gasteiger charge is 2.47. The van der Waals surface area contributed by atoms with E-state index in [4.69, 9.17) is 11.6 Å². The highest BCUT2D eigenvalue weighted by molar-refractivity contribution is 9.12. The Labute approximate surface area is 155 Å². The van der Waals surface area contributed by atoms with Gasteiger partial charge in [0.1, 0.15) is 0 Å². The predicted molar refractivity (Wildman–Crippen MR) is 94.8 cm³/mol. The summed E-state index contributed by atoms with van der Waals surface area (Å²) >= 11 is 12.5. The predicted octanol–water partition coefficient (Wildman–Crippen LogP) is 4.66. The van der Waals surface area contributed by atoms with E-state index >= 15 is 0 Å². The van der Waals surface area contributed by atoms with Crippen molar-refractivity contribution >= 4 is 55.4 Å². The fraction of sp³-hybridized carbons (Fsp3) is 0.250. The standard InChI is InChI=1S/C16H13Br2ClO4/c1-8-12(14(20)21)4-10(17)7-16(8,15(22)23)6-9-2-3-11(19)5-13(9)18/h2-5,7-8H,6H2,1H3,(H,20,21)(H,22,23). The monoisotopic (exact) mass is 462 g/mol. The Bertz CT molecular complexity index is 742. The summed E-state index contributed by atoms with van der Waals surface area (Å²) < 4.78 is 1.13. The minimum absolute atomic E-state index is 0.0619. The van der Waals surface area contributed by atoms with E-state index in [1.807, 2.05) is 0 Å². The molecule has 1 aliphatic carbocycles. The highest BCUT2D eigenvalue weighted by atomic mass is 79.9. The van der Waals surface area contributed by atoms with Crippen molar-refractivity contribution in [1.82, 2.24) is 0 Å². The van der Waals surface area contributed by atoms with Crippen LogP contribution in [0.5, 0.6) is 0 Å². The summed E-state index contributed by atoms with van der Waals surface area (Å²) in [4.78, 5) is 23.5. The van der Waals surface area contributed by atoms with Crippen molar-refractivity contribution in [1.29, 1.82) is 0 Å². The fourth-order valence-electron chi connectivity index (χ4n) is 2.72. The molecule has 0 aromatic heterocycles. The van der Waals surface area contributed by atoms with Gasteiger partial charge in [-0.1, -0.05) is 62.5 Å². The number of aliphatic carboxylic acids is 2. The van der Waals surface area contributed by atoms with Gasteiger partial charge in [0.05, 0.1) is 5.41 Å². The smallest absolute Gasteiger partial charge is 0.331 e. The molecule has 2 unspecified atom stereocenters. The molecule has 0 saturated heterocycles. The Morgan fingerprint density at radius 3 is 2.48 bits per heavy atom. The Kier molecular flexibility index (Phi) is 5.38. The third kappa shape index (κ3) is 3.54. The summed E-state index contributed by atoms with van der Waals surface area (Å²) in [7, 11) is 0. The van der Waals surface area contributed by atoms with Crippen LogP contribution in [0.2, 0.25) is 5.02 Å². The number of carboxylic acid groups (broad SMARTS) is 2. The third-order valence-corrected chi connectivity index (χ3v) is 5.50. The van der Waals surface area contributed by atoms with Crippen LogP contribution in [0.1, 0.15) is 12.5 Å². The molecular formula is C16H13Br2ClO4. The fourth-order valence-corrected chi connectivity index (χ4v) is 4.20. The van der Waals surface area contributed by atoms with Crippen LogP contribution in [0.3, 0.4) is 0 Å². The Hall–Kier alpha value is -1.11. The molecule has 0 amide bonds. The molecule has 1 aromatic carbocycles. The van der Waals surface area contributed by atoms with Crippen LogP contribution in [0.4, 0.5) is 0 Å². The number of carboxylic acids is 2. The number of halogens is 3. The Morgan fingerprint density at radius 1 is 1.30 bits per heavy atom. The molecule has 0 saturated carbocycles. The van der Waals surface area contributed by atoms with E-state index in [1.165, 1.54) is 6.08 Å². The topological polar surface area (TPSA) is 74.6 Å². The number of hydrogen-bond donors (Lipinski definition) is 2. The van der Waals surface area contributed by atoms with Crippen LogP contribution in [0, 0.1) is 11.3 Å². The van der Waals surface area contributed by atoms with Crippen molar-refractivity contribution < 1.29 is 19.8 Å². The van der Waals surface area contributed by atoms with Gasteiger partial charge in [-0.25, -0.2) is 4.79 Å². The van der Waals surface area contributed by atoms with E-state index in [0.29, 0.717) is 14.0 Å². The van der Waals surface area contributed by atoms with E-state index in [9.17, 15) is 19.8 Å². The molecule has 0 spiro atoms. The summed E-state index contributed by atoms with van der Waals surface area (Å²) in [5.74, 6) is -2.89. The molecule has 0 radical (unpaired) electrons. The first kappa shape index (κ1) is 18.2. The Balaban J connectivity index is 2.54. The summed E-state index contributed by atoms with van der Waals surface area (Å²) in [5, 5.41) is 19.7. The lowest BCUT2D eigenvalue weighted by Gasteiger charge is -2.36. The second kappa shape index (κ2) is 6.79. The maximum absolute atomic E-state index is 12.1. The van der Waals surface area contributed by atoms with Crippen molar-refractivity contribution in [3.05, 3.63) is 55.5 Å². The van der Waals surface area contributed by atoms with Gasteiger partial charge < -0.3 is 10.2 Å². The van der Waals surface area contributed by atoms with Crippen LogP contribution < -0.4 is 0 Å². The number of rotatable bonds is 4. The van der Waals surface area contributed by atoms with Crippen LogP contribution in [-0.4, -0.2) is 22.2 Å². The molecule has 2 N–H and O–H groups in total. The second-order valence-electron chi connectivity index (χ2n) is 5.41. The molecule has 23 heavy (non-hydrogen) atoms. The lowest BCUT2D eigenvalue weighted by molar-refractivity contribution is -0.148. The lowest BCUT2D eigenvalue weighted by Crippen LogP contribution is -2.41. The first-order chi connectivity index (χ1) is 10.7. The van der Waals surface area contributed by atoms with Gasteiger partial charge >= 0.3 is 11.9 Å². The number of allylic oxidation sites excluding steroid dienone is 2. The van der Waals surface area contributed by atoms with Gasteiger partial charge in [0.2, 0.25) is 0 Å². The molecule has 0 heterocycles. The van der Waals surface area contributed by atoms with Crippen LogP contribution in [-0.2, 0) is 16.0 Å².